The Morgan fingerprint density at radius 2 is 1.96 bits per heavy atom. The number of fused-ring (bicyclic) bond motifs is 2. The highest BCUT2D eigenvalue weighted by Gasteiger charge is 2.23. The fourth-order valence-electron chi connectivity index (χ4n) is 3.65. The fraction of sp³-hybridized carbons (Fsp3) is 0.190. The molecular formula is C21H18N6. The molecule has 2 aromatic heterocycles. The summed E-state index contributed by atoms with van der Waals surface area (Å²) in [6.07, 6.45) is 2.50. The minimum atomic E-state index is 0.259. The van der Waals surface area contributed by atoms with Crippen LogP contribution in [0.1, 0.15) is 23.7 Å². The van der Waals surface area contributed by atoms with Crippen LogP contribution in [0.4, 0.5) is 5.82 Å². The molecular weight excluding hydrogens is 336 g/mol. The van der Waals surface area contributed by atoms with Crippen molar-refractivity contribution in [3.63, 3.8) is 0 Å². The molecule has 1 aliphatic rings. The normalized spacial score (nSPS) is 16.5. The topological polar surface area (TPSA) is 81.7 Å². The van der Waals surface area contributed by atoms with Crippen LogP contribution in [0.2, 0.25) is 0 Å². The van der Waals surface area contributed by atoms with E-state index in [0.717, 1.165) is 41.5 Å². The smallest absolute Gasteiger partial charge is 0.164 e. The summed E-state index contributed by atoms with van der Waals surface area (Å²) in [6, 6.07) is 14.6. The molecule has 27 heavy (non-hydrogen) atoms. The molecule has 0 bridgehead atoms. The van der Waals surface area contributed by atoms with E-state index >= 15 is 0 Å². The van der Waals surface area contributed by atoms with Gasteiger partial charge in [0.05, 0.1) is 11.4 Å². The predicted molar refractivity (Wildman–Crippen MR) is 106 cm³/mol. The van der Waals surface area contributed by atoms with E-state index in [1.54, 1.807) is 0 Å². The van der Waals surface area contributed by atoms with Gasteiger partial charge < -0.3 is 11.1 Å². The van der Waals surface area contributed by atoms with Gasteiger partial charge in [-0.1, -0.05) is 42.3 Å². The second kappa shape index (κ2) is 6.38. The quantitative estimate of drug-likeness (QED) is 0.513. The molecule has 1 atom stereocenters. The van der Waals surface area contributed by atoms with Crippen LogP contribution in [0.5, 0.6) is 0 Å². The van der Waals surface area contributed by atoms with E-state index in [-0.39, 0.29) is 6.04 Å². The van der Waals surface area contributed by atoms with Crippen LogP contribution in [0.25, 0.3) is 21.8 Å². The standard InChI is InChI=1S/C21H18N6/c22-20-19-18(9-8-15-6-3-5-14-4-1-2-7-17(14)15)26-27(16-10-11-23-12-16)21(19)25-13-24-20/h1-7,13,16,23H,10-12H2,(H2,22,24,25)/t16-/m0/s1. The Morgan fingerprint density at radius 3 is 2.85 bits per heavy atom. The minimum absolute atomic E-state index is 0.259. The lowest BCUT2D eigenvalue weighted by Crippen LogP contribution is -2.15. The van der Waals surface area contributed by atoms with E-state index in [0.29, 0.717) is 11.5 Å². The first kappa shape index (κ1) is 15.8. The Hall–Kier alpha value is -3.43. The van der Waals surface area contributed by atoms with Crippen molar-refractivity contribution in [2.75, 3.05) is 18.8 Å². The van der Waals surface area contributed by atoms with Crippen LogP contribution in [0, 0.1) is 11.8 Å². The lowest BCUT2D eigenvalue weighted by atomic mass is 10.0. The van der Waals surface area contributed by atoms with Crippen molar-refractivity contribution in [2.45, 2.75) is 12.5 Å². The molecule has 1 saturated heterocycles. The molecule has 0 spiro atoms. The first-order chi connectivity index (χ1) is 13.3. The molecule has 0 aliphatic carbocycles. The zero-order chi connectivity index (χ0) is 18.2. The summed E-state index contributed by atoms with van der Waals surface area (Å²) in [7, 11) is 0. The molecule has 5 rings (SSSR count). The van der Waals surface area contributed by atoms with Crippen LogP contribution < -0.4 is 11.1 Å². The largest absolute Gasteiger partial charge is 0.383 e. The molecule has 3 N–H and O–H groups in total. The van der Waals surface area contributed by atoms with Crippen molar-refractivity contribution >= 4 is 27.6 Å². The van der Waals surface area contributed by atoms with E-state index < -0.39 is 0 Å². The van der Waals surface area contributed by atoms with Crippen LogP contribution in [-0.2, 0) is 0 Å². The lowest BCUT2D eigenvalue weighted by Gasteiger charge is -2.09. The van der Waals surface area contributed by atoms with Crippen LogP contribution in [-0.4, -0.2) is 32.8 Å². The lowest BCUT2D eigenvalue weighted by molar-refractivity contribution is 0.502. The number of aromatic nitrogens is 4. The van der Waals surface area contributed by atoms with Crippen molar-refractivity contribution in [3.8, 4) is 11.8 Å². The number of nitrogens with zero attached hydrogens (tertiary/aromatic N) is 4. The molecule has 0 radical (unpaired) electrons. The summed E-state index contributed by atoms with van der Waals surface area (Å²) >= 11 is 0. The van der Waals surface area contributed by atoms with Gasteiger partial charge in [0.25, 0.3) is 0 Å². The highest BCUT2D eigenvalue weighted by atomic mass is 15.3. The van der Waals surface area contributed by atoms with Gasteiger partial charge in [-0.25, -0.2) is 14.6 Å². The molecule has 0 amide bonds. The van der Waals surface area contributed by atoms with Gasteiger partial charge in [-0.2, -0.15) is 5.10 Å². The Bertz CT molecular complexity index is 1200. The van der Waals surface area contributed by atoms with Crippen LogP contribution in [0.15, 0.2) is 48.8 Å². The summed E-state index contributed by atoms with van der Waals surface area (Å²) in [5, 5.41) is 11.1. The van der Waals surface area contributed by atoms with Gasteiger partial charge in [-0.3, -0.25) is 0 Å². The Labute approximate surface area is 156 Å². The molecule has 6 heteroatoms. The molecule has 3 heterocycles. The molecule has 1 aliphatic heterocycles. The number of hydrogen-bond acceptors (Lipinski definition) is 5. The second-order valence-corrected chi connectivity index (χ2v) is 6.67. The van der Waals surface area contributed by atoms with Crippen molar-refractivity contribution in [3.05, 3.63) is 60.0 Å². The maximum absolute atomic E-state index is 6.14. The zero-order valence-electron chi connectivity index (χ0n) is 14.7. The third kappa shape index (κ3) is 2.69. The Kier molecular flexibility index (Phi) is 3.73. The van der Waals surface area contributed by atoms with Gasteiger partial charge in [0.1, 0.15) is 17.8 Å². The molecule has 6 nitrogen and oxygen atoms in total. The maximum Gasteiger partial charge on any atom is 0.164 e. The summed E-state index contributed by atoms with van der Waals surface area (Å²) in [5.74, 6) is 6.91. The number of anilines is 1. The summed E-state index contributed by atoms with van der Waals surface area (Å²) < 4.78 is 1.94. The SMILES string of the molecule is Nc1ncnc2c1c(C#Cc1cccc3ccccc13)nn2[C@H]1CCNC1. The average Bonchev–Trinajstić information content (AvgIpc) is 3.35. The number of rotatable bonds is 1. The monoisotopic (exact) mass is 354 g/mol. The predicted octanol–water partition coefficient (Wildman–Crippen LogP) is 2.50. The van der Waals surface area contributed by atoms with Crippen LogP contribution >= 0.6 is 0 Å². The molecule has 2 aromatic carbocycles. The molecule has 0 unspecified atom stereocenters. The number of hydrogen-bond donors (Lipinski definition) is 2. The molecule has 132 valence electrons. The number of nitrogen functional groups attached to an aromatic ring is 1. The van der Waals surface area contributed by atoms with E-state index in [2.05, 4.69) is 45.3 Å². The van der Waals surface area contributed by atoms with E-state index in [9.17, 15) is 0 Å². The van der Waals surface area contributed by atoms with Gasteiger partial charge in [0.2, 0.25) is 0 Å². The molecule has 1 fully saturated rings. The van der Waals surface area contributed by atoms with Crippen LogP contribution in [0.3, 0.4) is 0 Å². The Morgan fingerprint density at radius 1 is 1.07 bits per heavy atom. The van der Waals surface area contributed by atoms with Crippen molar-refractivity contribution < 1.29 is 0 Å². The molecule has 0 saturated carbocycles. The van der Waals surface area contributed by atoms with Gasteiger partial charge in [-0.05, 0) is 35.7 Å². The third-order valence-electron chi connectivity index (χ3n) is 5.00. The molecule has 4 aromatic rings. The first-order valence-electron chi connectivity index (χ1n) is 9.00. The maximum atomic E-state index is 6.14. The fourth-order valence-corrected chi connectivity index (χ4v) is 3.65. The number of nitrogens with one attached hydrogen (secondary N) is 1. The third-order valence-corrected chi connectivity index (χ3v) is 5.00. The van der Waals surface area contributed by atoms with Crippen molar-refractivity contribution in [1.29, 1.82) is 0 Å². The Balaban J connectivity index is 1.67. The first-order valence-corrected chi connectivity index (χ1v) is 9.00. The second-order valence-electron chi connectivity index (χ2n) is 6.67. The summed E-state index contributed by atoms with van der Waals surface area (Å²) in [6.45, 7) is 1.85. The summed E-state index contributed by atoms with van der Waals surface area (Å²) in [5.41, 5.74) is 8.48. The van der Waals surface area contributed by atoms with Gasteiger partial charge in [0.15, 0.2) is 5.65 Å². The van der Waals surface area contributed by atoms with E-state index in [1.165, 1.54) is 11.7 Å². The van der Waals surface area contributed by atoms with Gasteiger partial charge >= 0.3 is 0 Å². The summed E-state index contributed by atoms with van der Waals surface area (Å²) in [4.78, 5) is 8.57. The highest BCUT2D eigenvalue weighted by Crippen LogP contribution is 2.26. The minimum Gasteiger partial charge on any atom is -0.383 e. The van der Waals surface area contributed by atoms with E-state index in [1.807, 2.05) is 28.9 Å². The number of nitrogens with two attached hydrogens (primary N) is 1. The van der Waals surface area contributed by atoms with Crippen molar-refractivity contribution in [2.24, 2.45) is 0 Å². The van der Waals surface area contributed by atoms with Gasteiger partial charge in [0, 0.05) is 12.1 Å². The van der Waals surface area contributed by atoms with E-state index in [4.69, 9.17) is 10.8 Å². The average molecular weight is 354 g/mol. The van der Waals surface area contributed by atoms with Crippen molar-refractivity contribution in [1.82, 2.24) is 25.1 Å². The number of benzene rings is 2. The zero-order valence-corrected chi connectivity index (χ0v) is 14.7. The highest BCUT2D eigenvalue weighted by molar-refractivity contribution is 5.92. The van der Waals surface area contributed by atoms with Gasteiger partial charge in [-0.15, -0.1) is 0 Å².